The van der Waals surface area contributed by atoms with Crippen LogP contribution in [0.15, 0.2) is 22.6 Å². The number of nitrogens with zero attached hydrogens (tertiary/aromatic N) is 2. The standard InChI is InChI=1S/C17H23N3O/c1-3-10-18-16-11-14(13-6-4-5-7-13)19-17(20-16)15-9-8-12(2)21-15/h8-9,11,13H,3-7,10H2,1-2H3,(H,18,19,20). The molecule has 0 radical (unpaired) electrons. The average molecular weight is 285 g/mol. The summed E-state index contributed by atoms with van der Waals surface area (Å²) in [5.41, 5.74) is 1.16. The van der Waals surface area contributed by atoms with Crippen LogP contribution in [0.4, 0.5) is 5.82 Å². The van der Waals surface area contributed by atoms with Crippen LogP contribution in [-0.4, -0.2) is 16.5 Å². The first-order valence-corrected chi connectivity index (χ1v) is 7.96. The molecule has 0 bridgehead atoms. The third-order valence-electron chi connectivity index (χ3n) is 4.04. The molecule has 21 heavy (non-hydrogen) atoms. The van der Waals surface area contributed by atoms with Crippen molar-refractivity contribution < 1.29 is 4.42 Å². The number of anilines is 1. The minimum Gasteiger partial charge on any atom is -0.458 e. The van der Waals surface area contributed by atoms with Gasteiger partial charge >= 0.3 is 0 Å². The van der Waals surface area contributed by atoms with Gasteiger partial charge in [0.05, 0.1) is 0 Å². The zero-order valence-electron chi connectivity index (χ0n) is 12.9. The van der Waals surface area contributed by atoms with Gasteiger partial charge in [-0.2, -0.15) is 0 Å². The molecule has 4 nitrogen and oxygen atoms in total. The summed E-state index contributed by atoms with van der Waals surface area (Å²) in [6.45, 7) is 5.03. The number of aromatic nitrogens is 2. The molecule has 0 atom stereocenters. The lowest BCUT2D eigenvalue weighted by atomic mass is 10.0. The molecule has 1 aliphatic rings. The van der Waals surface area contributed by atoms with E-state index in [1.54, 1.807) is 0 Å². The van der Waals surface area contributed by atoms with Gasteiger partial charge in [-0.1, -0.05) is 19.8 Å². The number of nitrogens with one attached hydrogen (secondary N) is 1. The zero-order chi connectivity index (χ0) is 14.7. The van der Waals surface area contributed by atoms with Gasteiger partial charge in [0.2, 0.25) is 0 Å². The fourth-order valence-corrected chi connectivity index (χ4v) is 2.91. The molecule has 0 amide bonds. The second kappa shape index (κ2) is 6.29. The molecule has 4 heteroatoms. The predicted octanol–water partition coefficient (Wildman–Crippen LogP) is 4.52. The lowest BCUT2D eigenvalue weighted by molar-refractivity contribution is 0.543. The van der Waals surface area contributed by atoms with Crippen molar-refractivity contribution >= 4 is 5.82 Å². The van der Waals surface area contributed by atoms with Crippen molar-refractivity contribution in [2.45, 2.75) is 51.9 Å². The molecule has 1 fully saturated rings. The van der Waals surface area contributed by atoms with Crippen LogP contribution in [0.25, 0.3) is 11.6 Å². The fraction of sp³-hybridized carbons (Fsp3) is 0.529. The van der Waals surface area contributed by atoms with Crippen LogP contribution in [0.5, 0.6) is 0 Å². The Morgan fingerprint density at radius 3 is 2.71 bits per heavy atom. The Morgan fingerprint density at radius 2 is 2.05 bits per heavy atom. The third-order valence-corrected chi connectivity index (χ3v) is 4.04. The van der Waals surface area contributed by atoms with Gasteiger partial charge in [0.15, 0.2) is 11.6 Å². The highest BCUT2D eigenvalue weighted by Gasteiger charge is 2.21. The van der Waals surface area contributed by atoms with E-state index in [0.717, 1.165) is 36.0 Å². The van der Waals surface area contributed by atoms with Crippen LogP contribution in [0.2, 0.25) is 0 Å². The van der Waals surface area contributed by atoms with Crippen LogP contribution in [0.1, 0.15) is 56.4 Å². The maximum Gasteiger partial charge on any atom is 0.197 e. The van der Waals surface area contributed by atoms with Gasteiger partial charge in [0.1, 0.15) is 11.6 Å². The molecule has 2 aromatic rings. The first-order chi connectivity index (χ1) is 10.3. The molecule has 112 valence electrons. The molecule has 1 aliphatic carbocycles. The molecule has 0 aromatic carbocycles. The van der Waals surface area contributed by atoms with Gasteiger partial charge in [-0.15, -0.1) is 0 Å². The molecule has 2 heterocycles. The average Bonchev–Trinajstić information content (AvgIpc) is 3.16. The molecule has 0 spiro atoms. The van der Waals surface area contributed by atoms with E-state index in [2.05, 4.69) is 23.3 Å². The van der Waals surface area contributed by atoms with E-state index >= 15 is 0 Å². The van der Waals surface area contributed by atoms with Gasteiger partial charge in [0, 0.05) is 24.2 Å². The molecule has 3 rings (SSSR count). The minimum atomic E-state index is 0.574. The second-order valence-corrected chi connectivity index (χ2v) is 5.82. The molecule has 0 saturated heterocycles. The maximum absolute atomic E-state index is 5.69. The first-order valence-electron chi connectivity index (χ1n) is 7.96. The topological polar surface area (TPSA) is 51.0 Å². The van der Waals surface area contributed by atoms with E-state index in [1.165, 1.54) is 25.7 Å². The number of hydrogen-bond acceptors (Lipinski definition) is 4. The van der Waals surface area contributed by atoms with Crippen LogP contribution in [0.3, 0.4) is 0 Å². The Hall–Kier alpha value is -1.84. The van der Waals surface area contributed by atoms with Crippen LogP contribution < -0.4 is 5.32 Å². The molecular weight excluding hydrogens is 262 g/mol. The number of rotatable bonds is 5. The van der Waals surface area contributed by atoms with Crippen molar-refractivity contribution in [1.29, 1.82) is 0 Å². The van der Waals surface area contributed by atoms with Gasteiger partial charge in [-0.25, -0.2) is 9.97 Å². The van der Waals surface area contributed by atoms with Gasteiger partial charge in [-0.05, 0) is 38.3 Å². The van der Waals surface area contributed by atoms with Crippen LogP contribution in [-0.2, 0) is 0 Å². The van der Waals surface area contributed by atoms with E-state index in [4.69, 9.17) is 9.40 Å². The second-order valence-electron chi connectivity index (χ2n) is 5.82. The van der Waals surface area contributed by atoms with Crippen LogP contribution in [0, 0.1) is 6.92 Å². The Bertz CT molecular complexity index is 600. The van der Waals surface area contributed by atoms with Crippen LogP contribution >= 0.6 is 0 Å². The monoisotopic (exact) mass is 285 g/mol. The highest BCUT2D eigenvalue weighted by molar-refractivity contribution is 5.52. The van der Waals surface area contributed by atoms with E-state index in [0.29, 0.717) is 11.7 Å². The van der Waals surface area contributed by atoms with Crippen molar-refractivity contribution in [3.63, 3.8) is 0 Å². The minimum absolute atomic E-state index is 0.574. The summed E-state index contributed by atoms with van der Waals surface area (Å²) in [6, 6.07) is 6.03. The van der Waals surface area contributed by atoms with Crippen molar-refractivity contribution in [3.05, 3.63) is 29.7 Å². The van der Waals surface area contributed by atoms with E-state index in [-0.39, 0.29) is 0 Å². The lowest BCUT2D eigenvalue weighted by Crippen LogP contribution is -2.07. The van der Waals surface area contributed by atoms with E-state index < -0.39 is 0 Å². The Morgan fingerprint density at radius 1 is 1.24 bits per heavy atom. The summed E-state index contributed by atoms with van der Waals surface area (Å²) in [7, 11) is 0. The number of aryl methyl sites for hydroxylation is 1. The van der Waals surface area contributed by atoms with Crippen molar-refractivity contribution in [1.82, 2.24) is 9.97 Å². The Labute approximate surface area is 126 Å². The lowest BCUT2D eigenvalue weighted by Gasteiger charge is -2.12. The fourth-order valence-electron chi connectivity index (χ4n) is 2.91. The SMILES string of the molecule is CCCNc1cc(C2CCCC2)nc(-c2ccc(C)o2)n1. The van der Waals surface area contributed by atoms with E-state index in [9.17, 15) is 0 Å². The van der Waals surface area contributed by atoms with Gasteiger partial charge < -0.3 is 9.73 Å². The molecule has 0 unspecified atom stereocenters. The number of hydrogen-bond donors (Lipinski definition) is 1. The van der Waals surface area contributed by atoms with Crippen molar-refractivity contribution in [2.75, 3.05) is 11.9 Å². The van der Waals surface area contributed by atoms with Gasteiger partial charge in [-0.3, -0.25) is 0 Å². The molecule has 1 saturated carbocycles. The van der Waals surface area contributed by atoms with Gasteiger partial charge in [0.25, 0.3) is 0 Å². The summed E-state index contributed by atoms with van der Waals surface area (Å²) in [5.74, 6) is 3.84. The predicted molar refractivity (Wildman–Crippen MR) is 84.5 cm³/mol. The molecule has 0 aliphatic heterocycles. The summed E-state index contributed by atoms with van der Waals surface area (Å²) in [5, 5.41) is 3.38. The van der Waals surface area contributed by atoms with Crippen molar-refractivity contribution in [2.24, 2.45) is 0 Å². The zero-order valence-corrected chi connectivity index (χ0v) is 12.9. The smallest absolute Gasteiger partial charge is 0.197 e. The Kier molecular flexibility index (Phi) is 4.23. The highest BCUT2D eigenvalue weighted by atomic mass is 16.3. The molecule has 1 N–H and O–H groups in total. The molecular formula is C17H23N3O. The normalized spacial score (nSPS) is 15.5. The first kappa shape index (κ1) is 14.1. The summed E-state index contributed by atoms with van der Waals surface area (Å²) < 4.78 is 5.69. The highest BCUT2D eigenvalue weighted by Crippen LogP contribution is 2.34. The molecule has 2 aromatic heterocycles. The summed E-state index contributed by atoms with van der Waals surface area (Å²) in [6.07, 6.45) is 6.17. The van der Waals surface area contributed by atoms with E-state index in [1.807, 2.05) is 19.1 Å². The largest absolute Gasteiger partial charge is 0.458 e. The maximum atomic E-state index is 5.69. The summed E-state index contributed by atoms with van der Waals surface area (Å²) >= 11 is 0. The number of furan rings is 1. The Balaban J connectivity index is 1.95. The summed E-state index contributed by atoms with van der Waals surface area (Å²) in [4.78, 5) is 9.37. The quantitative estimate of drug-likeness (QED) is 0.877. The van der Waals surface area contributed by atoms with Crippen molar-refractivity contribution in [3.8, 4) is 11.6 Å². The third kappa shape index (κ3) is 3.26.